The molecule has 0 aliphatic carbocycles. The zero-order chi connectivity index (χ0) is 21.4. The Hall–Kier alpha value is -3.29. The normalized spacial score (nSPS) is 12.8. The van der Waals surface area contributed by atoms with Gasteiger partial charge in [-0.25, -0.2) is 4.79 Å². The lowest BCUT2D eigenvalue weighted by Gasteiger charge is -2.20. The van der Waals surface area contributed by atoms with Crippen LogP contribution in [0.1, 0.15) is 32.3 Å². The quantitative estimate of drug-likeness (QED) is 0.237. The number of hydrogen-bond acceptors (Lipinski definition) is 5. The molecule has 0 aliphatic heterocycles. The van der Waals surface area contributed by atoms with Gasteiger partial charge in [0, 0.05) is 29.9 Å². The smallest absolute Gasteiger partial charge is 0.328 e. The number of amides is 1. The van der Waals surface area contributed by atoms with Gasteiger partial charge < -0.3 is 25.7 Å². The summed E-state index contributed by atoms with van der Waals surface area (Å²) in [6.07, 6.45) is 0.503. The lowest BCUT2D eigenvalue weighted by Crippen LogP contribution is -2.47. The Labute approximate surface area is 167 Å². The van der Waals surface area contributed by atoms with Crippen LogP contribution in [-0.4, -0.2) is 57.0 Å². The van der Waals surface area contributed by atoms with E-state index < -0.39 is 35.9 Å². The molecule has 1 heterocycles. The molecule has 0 spiro atoms. The molecule has 0 saturated heterocycles. The van der Waals surface area contributed by atoms with Gasteiger partial charge in [-0.1, -0.05) is 18.2 Å². The lowest BCUT2D eigenvalue weighted by atomic mass is 10.0. The van der Waals surface area contributed by atoms with Gasteiger partial charge in [-0.3, -0.25) is 9.59 Å². The minimum Gasteiger partial charge on any atom is -0.461 e. The Morgan fingerprint density at radius 3 is 2.72 bits per heavy atom. The van der Waals surface area contributed by atoms with Crippen molar-refractivity contribution in [3.63, 3.8) is 0 Å². The van der Waals surface area contributed by atoms with Crippen molar-refractivity contribution in [1.29, 1.82) is 0 Å². The van der Waals surface area contributed by atoms with Crippen LogP contribution >= 0.6 is 0 Å². The van der Waals surface area contributed by atoms with E-state index in [1.807, 2.05) is 24.3 Å². The summed E-state index contributed by atoms with van der Waals surface area (Å²) in [5, 5.41) is 13.7. The fourth-order valence-corrected chi connectivity index (χ4v) is 2.85. The number of carbonyl (C=O) groups is 3. The molecule has 3 N–H and O–H groups in total. The number of benzene rings is 1. The first-order valence-corrected chi connectivity index (χ1v) is 9.26. The van der Waals surface area contributed by atoms with Gasteiger partial charge in [-0.2, -0.15) is 4.79 Å². The molecule has 9 nitrogen and oxygen atoms in total. The van der Waals surface area contributed by atoms with Crippen LogP contribution in [0, 0.1) is 0 Å². The van der Waals surface area contributed by atoms with Gasteiger partial charge in [0.05, 0.1) is 6.10 Å². The molecule has 9 heteroatoms. The van der Waals surface area contributed by atoms with E-state index in [4.69, 9.17) is 10.3 Å². The van der Waals surface area contributed by atoms with E-state index in [1.165, 1.54) is 0 Å². The average Bonchev–Trinajstić information content (AvgIpc) is 3.07. The molecule has 2 rings (SSSR count). The first-order chi connectivity index (χ1) is 13.8. The van der Waals surface area contributed by atoms with Gasteiger partial charge >= 0.3 is 12.2 Å². The Morgan fingerprint density at radius 2 is 2.03 bits per heavy atom. The van der Waals surface area contributed by atoms with E-state index >= 15 is 0 Å². The Kier molecular flexibility index (Phi) is 7.82. The fraction of sp³-hybridized carbons (Fsp3) is 0.400. The highest BCUT2D eigenvalue weighted by Crippen LogP contribution is 2.19. The van der Waals surface area contributed by atoms with E-state index in [0.717, 1.165) is 22.7 Å². The van der Waals surface area contributed by atoms with Gasteiger partial charge in [0.15, 0.2) is 0 Å². The van der Waals surface area contributed by atoms with Crippen LogP contribution < -0.4 is 5.32 Å². The van der Waals surface area contributed by atoms with Crippen LogP contribution in [0.25, 0.3) is 16.4 Å². The number of aliphatic hydroxyl groups is 1. The maximum Gasteiger partial charge on any atom is 0.328 e. The molecule has 1 aromatic heterocycles. The molecule has 1 amide bonds. The monoisotopic (exact) mass is 400 g/mol. The highest BCUT2D eigenvalue weighted by Gasteiger charge is 2.27. The molecule has 0 bridgehead atoms. The zero-order valence-electron chi connectivity index (χ0n) is 16.3. The molecule has 2 aromatic rings. The number of aromatic amines is 1. The third kappa shape index (κ3) is 6.38. The van der Waals surface area contributed by atoms with E-state index in [2.05, 4.69) is 15.1 Å². The summed E-state index contributed by atoms with van der Waals surface area (Å²) >= 11 is 0. The van der Waals surface area contributed by atoms with E-state index in [1.54, 1.807) is 20.0 Å². The number of aromatic nitrogens is 1. The fourth-order valence-electron chi connectivity index (χ4n) is 2.85. The SMILES string of the molecule is CC(C)OC(=O)[C@H](CCC(=O)C=[N+]=[N-])NC(=O)[C@@H](O)Cc1c[nH]c2ccccc12. The number of nitrogens with one attached hydrogen (secondary N) is 2. The van der Waals surface area contributed by atoms with Crippen molar-refractivity contribution < 1.29 is 29.0 Å². The molecule has 0 aliphatic rings. The second kappa shape index (κ2) is 10.3. The highest BCUT2D eigenvalue weighted by molar-refractivity contribution is 6.25. The van der Waals surface area contributed by atoms with E-state index in [-0.39, 0.29) is 19.3 Å². The van der Waals surface area contributed by atoms with Crippen molar-refractivity contribution in [2.75, 3.05) is 0 Å². The number of rotatable bonds is 10. The average molecular weight is 400 g/mol. The van der Waals surface area contributed by atoms with Gasteiger partial charge in [0.1, 0.15) is 12.1 Å². The number of Topliss-reactive ketones (excluding diaryl/α,β-unsaturated/α-hetero) is 1. The summed E-state index contributed by atoms with van der Waals surface area (Å²) in [4.78, 5) is 41.9. The van der Waals surface area contributed by atoms with E-state index in [0.29, 0.717) is 0 Å². The summed E-state index contributed by atoms with van der Waals surface area (Å²) in [7, 11) is 0. The van der Waals surface area contributed by atoms with E-state index in [9.17, 15) is 19.5 Å². The third-order valence-electron chi connectivity index (χ3n) is 4.22. The number of aliphatic hydroxyl groups excluding tert-OH is 1. The standard InChI is InChI=1S/C20H24N4O5/c1-12(2)29-20(28)17(8-7-14(25)11-23-21)24-19(27)18(26)9-13-10-22-16-6-4-3-5-15(13)16/h3-6,10-12,17-18,22,26H,7-9H2,1-2H3,(H,24,27)/t17-,18-/m0/s1. The number of H-pyrrole nitrogens is 1. The first-order valence-electron chi connectivity index (χ1n) is 9.26. The van der Waals surface area contributed by atoms with Crippen molar-refractivity contribution in [3.05, 3.63) is 41.6 Å². The molecular formula is C20H24N4O5. The molecule has 154 valence electrons. The van der Waals surface area contributed by atoms with Gasteiger partial charge in [-0.05, 0) is 31.9 Å². The largest absolute Gasteiger partial charge is 0.461 e. The number of carbonyl (C=O) groups excluding carboxylic acids is 3. The predicted molar refractivity (Wildman–Crippen MR) is 105 cm³/mol. The number of hydrogen-bond donors (Lipinski definition) is 3. The lowest BCUT2D eigenvalue weighted by molar-refractivity contribution is -0.152. The number of nitrogens with zero attached hydrogens (tertiary/aromatic N) is 2. The predicted octanol–water partition coefficient (Wildman–Crippen LogP) is 1.16. The van der Waals surface area contributed by atoms with Gasteiger partial charge in [-0.15, -0.1) is 0 Å². The van der Waals surface area contributed by atoms with Crippen molar-refractivity contribution in [1.82, 2.24) is 10.3 Å². The molecule has 0 fully saturated rings. The third-order valence-corrected chi connectivity index (χ3v) is 4.22. The second-order valence-corrected chi connectivity index (χ2v) is 6.88. The van der Waals surface area contributed by atoms with Crippen molar-refractivity contribution in [2.45, 2.75) is 51.4 Å². The zero-order valence-corrected chi connectivity index (χ0v) is 16.3. The molecule has 29 heavy (non-hydrogen) atoms. The van der Waals surface area contributed by atoms with Crippen molar-refractivity contribution in [2.24, 2.45) is 0 Å². The maximum atomic E-state index is 12.4. The first kappa shape index (κ1) is 22.0. The summed E-state index contributed by atoms with van der Waals surface area (Å²) in [5.74, 6) is -1.96. The molecule has 2 atom stereocenters. The topological polar surface area (TPSA) is 145 Å². The Bertz CT molecular complexity index is 930. The highest BCUT2D eigenvalue weighted by atomic mass is 16.5. The maximum absolute atomic E-state index is 12.4. The van der Waals surface area contributed by atoms with Crippen molar-refractivity contribution >= 4 is 34.8 Å². The minimum absolute atomic E-state index is 0.0535. The van der Waals surface area contributed by atoms with Crippen LogP contribution in [0.3, 0.4) is 0 Å². The summed E-state index contributed by atoms with van der Waals surface area (Å²) in [5.41, 5.74) is 10.0. The number of esters is 1. The molecule has 0 radical (unpaired) electrons. The summed E-state index contributed by atoms with van der Waals surface area (Å²) in [6.45, 7) is 3.32. The van der Waals surface area contributed by atoms with Crippen LogP contribution in [0.15, 0.2) is 30.5 Å². The minimum atomic E-state index is -1.39. The summed E-state index contributed by atoms with van der Waals surface area (Å²) < 4.78 is 5.11. The van der Waals surface area contributed by atoms with Gasteiger partial charge in [0.25, 0.3) is 0 Å². The number of fused-ring (bicyclic) bond motifs is 1. The van der Waals surface area contributed by atoms with Gasteiger partial charge in [0.2, 0.25) is 11.7 Å². The number of para-hydroxylation sites is 1. The van der Waals surface area contributed by atoms with Crippen LogP contribution in [0.5, 0.6) is 0 Å². The van der Waals surface area contributed by atoms with Crippen LogP contribution in [0.4, 0.5) is 0 Å². The molecule has 1 aromatic carbocycles. The summed E-state index contributed by atoms with van der Waals surface area (Å²) in [6, 6.07) is 6.38. The van der Waals surface area contributed by atoms with Crippen LogP contribution in [0.2, 0.25) is 0 Å². The molecular weight excluding hydrogens is 376 g/mol. The number of ketones is 1. The molecule has 0 unspecified atom stereocenters. The second-order valence-electron chi connectivity index (χ2n) is 6.88. The Balaban J connectivity index is 2.05. The van der Waals surface area contributed by atoms with Crippen molar-refractivity contribution in [3.8, 4) is 0 Å². The van der Waals surface area contributed by atoms with Crippen LogP contribution in [-0.2, 0) is 25.5 Å². The Morgan fingerprint density at radius 1 is 1.31 bits per heavy atom. The molecule has 0 saturated carbocycles. The number of ether oxygens (including phenoxy) is 1.